The number of nitrogens with zero attached hydrogens (tertiary/aromatic N) is 1. The van der Waals surface area contributed by atoms with Crippen LogP contribution in [0.15, 0.2) is 54.7 Å². The summed E-state index contributed by atoms with van der Waals surface area (Å²) >= 11 is 6.07. The number of rotatable bonds is 12. The fraction of sp³-hybridized carbons (Fsp3) is 0.286. The second-order valence-electron chi connectivity index (χ2n) is 9.93. The fourth-order valence-corrected chi connectivity index (χ4v) is 5.27. The van der Waals surface area contributed by atoms with Crippen molar-refractivity contribution in [2.24, 2.45) is 5.73 Å². The van der Waals surface area contributed by atoms with Gasteiger partial charge in [0.2, 0.25) is 5.78 Å². The highest BCUT2D eigenvalue weighted by Crippen LogP contribution is 2.41. The maximum Gasteiger partial charge on any atom is 0.469 e. The van der Waals surface area contributed by atoms with Gasteiger partial charge in [0, 0.05) is 34.2 Å². The zero-order valence-corrected chi connectivity index (χ0v) is 23.0. The number of aromatic nitrogens is 1. The topological polar surface area (TPSA) is 161 Å². The highest BCUT2D eigenvalue weighted by Gasteiger charge is 2.25. The number of phosphoric acid groups is 1. The van der Waals surface area contributed by atoms with Crippen molar-refractivity contribution in [2.75, 3.05) is 13.2 Å². The van der Waals surface area contributed by atoms with Gasteiger partial charge in [0.15, 0.2) is 6.61 Å². The van der Waals surface area contributed by atoms with Gasteiger partial charge < -0.3 is 29.9 Å². The number of carbonyl (C=O) groups excluding carboxylic acids is 2. The number of benzene rings is 3. The minimum Gasteiger partial charge on any atom is -0.485 e. The number of phosphoric ester groups is 1. The Morgan fingerprint density at radius 1 is 1.07 bits per heavy atom. The van der Waals surface area contributed by atoms with Crippen molar-refractivity contribution in [3.8, 4) is 5.75 Å². The Morgan fingerprint density at radius 2 is 1.85 bits per heavy atom. The number of ether oxygens (including phenoxy) is 1. The molecular formula is C28H28ClN2O8P. The zero-order valence-electron chi connectivity index (χ0n) is 21.3. The van der Waals surface area contributed by atoms with Crippen LogP contribution in [0, 0.1) is 0 Å². The highest BCUT2D eigenvalue weighted by atomic mass is 35.5. The molecule has 5 N–H and O–H groups in total. The molecule has 1 fully saturated rings. The van der Waals surface area contributed by atoms with Crippen molar-refractivity contribution in [1.82, 2.24) is 4.57 Å². The molecule has 0 saturated heterocycles. The maximum absolute atomic E-state index is 13.4. The molecule has 1 saturated carbocycles. The van der Waals surface area contributed by atoms with E-state index in [9.17, 15) is 19.3 Å². The average Bonchev–Trinajstić information content (AvgIpc) is 3.69. The Labute approximate surface area is 234 Å². The molecular weight excluding hydrogens is 559 g/mol. The summed E-state index contributed by atoms with van der Waals surface area (Å²) in [5, 5.41) is 12.9. The molecule has 0 spiro atoms. The van der Waals surface area contributed by atoms with Crippen molar-refractivity contribution in [1.29, 1.82) is 0 Å². The molecule has 1 aromatic heterocycles. The summed E-state index contributed by atoms with van der Waals surface area (Å²) in [6, 6.07) is 14.4. The first-order valence-electron chi connectivity index (χ1n) is 12.7. The highest BCUT2D eigenvalue weighted by molar-refractivity contribution is 7.46. The molecule has 3 aromatic carbocycles. The van der Waals surface area contributed by atoms with Gasteiger partial charge in [-0.3, -0.25) is 14.1 Å². The van der Waals surface area contributed by atoms with Gasteiger partial charge in [-0.25, -0.2) is 4.57 Å². The number of hydrogen-bond acceptors (Lipinski definition) is 6. The van der Waals surface area contributed by atoms with Crippen LogP contribution in [0.2, 0.25) is 5.02 Å². The van der Waals surface area contributed by atoms with Crippen LogP contribution in [0.1, 0.15) is 51.5 Å². The number of ketones is 1. The number of amides is 1. The van der Waals surface area contributed by atoms with Gasteiger partial charge in [-0.1, -0.05) is 29.8 Å². The minimum absolute atomic E-state index is 0.130. The Morgan fingerprint density at radius 3 is 2.55 bits per heavy atom. The van der Waals surface area contributed by atoms with Gasteiger partial charge in [-0.05, 0) is 71.8 Å². The average molecular weight is 587 g/mol. The number of halogens is 1. The predicted octanol–water partition coefficient (Wildman–Crippen LogP) is 4.55. The number of fused-ring (bicyclic) bond motifs is 2. The first kappa shape index (κ1) is 28.3. The quantitative estimate of drug-likeness (QED) is 0.139. The van der Waals surface area contributed by atoms with Gasteiger partial charge >= 0.3 is 7.82 Å². The minimum atomic E-state index is -4.69. The van der Waals surface area contributed by atoms with E-state index in [2.05, 4.69) is 4.52 Å². The van der Waals surface area contributed by atoms with Crippen LogP contribution in [-0.2, 0) is 15.6 Å². The Balaban J connectivity index is 1.39. The molecule has 5 rings (SSSR count). The lowest BCUT2D eigenvalue weighted by atomic mass is 10.0. The first-order valence-corrected chi connectivity index (χ1v) is 14.6. The standard InChI is InChI=1S/C28H28ClN2O8P/c29-20-5-3-18-12-27(23(28(30)34)10-19(18)9-20)38-15-26(33)24-13-31(8-7-21(32)14-39-40(35,36)37)25-11-17(16-1-2-16)4-6-22(24)25/h3-6,9-13,16,21,32H,1-2,7-8,14-15H2,(H2,30,34)(H2,35,36,37)/t21-/m1/s1. The second-order valence-corrected chi connectivity index (χ2v) is 11.6. The molecule has 40 heavy (non-hydrogen) atoms. The number of carbonyl (C=O) groups is 2. The maximum atomic E-state index is 13.4. The van der Waals surface area contributed by atoms with Crippen molar-refractivity contribution in [3.05, 3.63) is 76.4 Å². The smallest absolute Gasteiger partial charge is 0.469 e. The fourth-order valence-electron chi connectivity index (χ4n) is 4.72. The molecule has 1 heterocycles. The molecule has 0 aliphatic heterocycles. The summed E-state index contributed by atoms with van der Waals surface area (Å²) in [6.45, 7) is -0.582. The Hall–Kier alpha value is -3.24. The SMILES string of the molecule is NC(=O)c1cc2cc(Cl)ccc2cc1OCC(=O)c1cn(CC[C@@H](O)COP(=O)(O)O)c2cc(C3CC3)ccc12. The van der Waals surface area contributed by atoms with Crippen molar-refractivity contribution in [2.45, 2.75) is 37.8 Å². The van der Waals surface area contributed by atoms with E-state index < -0.39 is 26.4 Å². The van der Waals surface area contributed by atoms with E-state index in [0.29, 0.717) is 27.3 Å². The van der Waals surface area contributed by atoms with Crippen LogP contribution in [0.4, 0.5) is 0 Å². The summed E-state index contributed by atoms with van der Waals surface area (Å²) in [5.41, 5.74) is 8.08. The number of hydrogen-bond donors (Lipinski definition) is 4. The van der Waals surface area contributed by atoms with Crippen molar-refractivity contribution < 1.29 is 38.3 Å². The molecule has 10 nitrogen and oxygen atoms in total. The summed E-state index contributed by atoms with van der Waals surface area (Å²) in [7, 11) is -4.69. The van der Waals surface area contributed by atoms with E-state index in [1.165, 1.54) is 0 Å². The van der Waals surface area contributed by atoms with Crippen LogP contribution in [0.25, 0.3) is 21.7 Å². The number of aliphatic hydroxyl groups excluding tert-OH is 1. The monoisotopic (exact) mass is 586 g/mol. The van der Waals surface area contributed by atoms with E-state index in [1.807, 2.05) is 22.8 Å². The molecule has 1 aliphatic rings. The van der Waals surface area contributed by atoms with Gasteiger partial charge in [-0.2, -0.15) is 0 Å². The Kier molecular flexibility index (Phi) is 8.01. The largest absolute Gasteiger partial charge is 0.485 e. The van der Waals surface area contributed by atoms with E-state index in [1.54, 1.807) is 36.5 Å². The zero-order chi connectivity index (χ0) is 28.6. The lowest BCUT2D eigenvalue weighted by Gasteiger charge is -2.13. The summed E-state index contributed by atoms with van der Waals surface area (Å²) in [5.74, 6) is -0.356. The van der Waals surface area contributed by atoms with E-state index in [-0.39, 0.29) is 36.7 Å². The lowest BCUT2D eigenvalue weighted by Crippen LogP contribution is -2.17. The van der Waals surface area contributed by atoms with Crippen LogP contribution in [0.3, 0.4) is 0 Å². The summed E-state index contributed by atoms with van der Waals surface area (Å²) < 4.78 is 23.0. The third-order valence-corrected chi connectivity index (χ3v) is 7.64. The first-order chi connectivity index (χ1) is 19.0. The number of aryl methyl sites for hydroxylation is 1. The third kappa shape index (κ3) is 6.55. The third-order valence-electron chi connectivity index (χ3n) is 6.92. The number of aliphatic hydroxyl groups is 1. The van der Waals surface area contributed by atoms with E-state index in [4.69, 9.17) is 31.9 Å². The molecule has 1 amide bonds. The summed E-state index contributed by atoms with van der Waals surface area (Å²) in [6.07, 6.45) is 2.91. The summed E-state index contributed by atoms with van der Waals surface area (Å²) in [4.78, 5) is 43.3. The van der Waals surface area contributed by atoms with Crippen molar-refractivity contribution >= 4 is 52.8 Å². The molecule has 0 bridgehead atoms. The van der Waals surface area contributed by atoms with Crippen LogP contribution in [0.5, 0.6) is 5.75 Å². The van der Waals surface area contributed by atoms with Crippen molar-refractivity contribution in [3.63, 3.8) is 0 Å². The molecule has 0 radical (unpaired) electrons. The number of nitrogens with two attached hydrogens (primary N) is 1. The second kappa shape index (κ2) is 11.3. The number of primary amides is 1. The van der Waals surface area contributed by atoms with E-state index >= 15 is 0 Å². The molecule has 4 aromatic rings. The van der Waals surface area contributed by atoms with Gasteiger partial charge in [0.1, 0.15) is 5.75 Å². The molecule has 12 heteroatoms. The van der Waals surface area contributed by atoms with E-state index in [0.717, 1.165) is 29.3 Å². The van der Waals surface area contributed by atoms with Crippen LogP contribution in [-0.4, -0.2) is 50.5 Å². The van der Waals surface area contributed by atoms with Gasteiger partial charge in [-0.15, -0.1) is 0 Å². The van der Waals surface area contributed by atoms with Crippen LogP contribution < -0.4 is 10.5 Å². The van der Waals surface area contributed by atoms with Gasteiger partial charge in [0.25, 0.3) is 5.91 Å². The Bertz CT molecular complexity index is 1660. The molecule has 1 atom stereocenters. The van der Waals surface area contributed by atoms with Gasteiger partial charge in [0.05, 0.1) is 18.3 Å². The van der Waals surface area contributed by atoms with Crippen LogP contribution >= 0.6 is 19.4 Å². The lowest BCUT2D eigenvalue weighted by molar-refractivity contribution is 0.0764. The molecule has 210 valence electrons. The number of Topliss-reactive ketones (excluding diaryl/α,β-unsaturated/α-hetero) is 1. The molecule has 1 aliphatic carbocycles. The normalized spacial score (nSPS) is 14.5. The molecule has 0 unspecified atom stereocenters. The predicted molar refractivity (Wildman–Crippen MR) is 150 cm³/mol.